The van der Waals surface area contributed by atoms with Crippen molar-refractivity contribution >= 4 is 38.6 Å². The van der Waals surface area contributed by atoms with Gasteiger partial charge in [-0.05, 0) is 126 Å². The van der Waals surface area contributed by atoms with Gasteiger partial charge in [0.1, 0.15) is 0 Å². The number of hydrogen-bond donors (Lipinski definition) is 0. The second-order valence-corrected chi connectivity index (χ2v) is 15.3. The fourth-order valence-corrected chi connectivity index (χ4v) is 9.46. The molecule has 272 valence electrons. The van der Waals surface area contributed by atoms with Crippen LogP contribution in [0.3, 0.4) is 0 Å². The van der Waals surface area contributed by atoms with Gasteiger partial charge < -0.3 is 4.90 Å². The molecule has 0 heterocycles. The Morgan fingerprint density at radius 2 is 0.793 bits per heavy atom. The van der Waals surface area contributed by atoms with Crippen molar-refractivity contribution in [2.75, 3.05) is 4.90 Å². The summed E-state index contributed by atoms with van der Waals surface area (Å²) in [6.07, 6.45) is 0. The Kier molecular flexibility index (Phi) is 8.12. The van der Waals surface area contributed by atoms with Crippen molar-refractivity contribution in [1.29, 1.82) is 0 Å². The largest absolute Gasteiger partial charge is 0.310 e. The Balaban J connectivity index is 1.10. The van der Waals surface area contributed by atoms with Gasteiger partial charge in [0.15, 0.2) is 0 Å². The summed E-state index contributed by atoms with van der Waals surface area (Å²) in [5.41, 5.74) is 15.5. The smallest absolute Gasteiger partial charge is 0.0713 e. The van der Waals surface area contributed by atoms with Crippen molar-refractivity contribution in [3.05, 3.63) is 259 Å². The van der Waals surface area contributed by atoms with Crippen LogP contribution in [-0.2, 0) is 5.41 Å². The first-order valence-electron chi connectivity index (χ1n) is 20.1. The van der Waals surface area contributed by atoms with Crippen molar-refractivity contribution in [2.45, 2.75) is 5.41 Å². The molecule has 0 N–H and O–H groups in total. The molecule has 0 bridgehead atoms. The predicted molar refractivity (Wildman–Crippen MR) is 244 cm³/mol. The van der Waals surface area contributed by atoms with Gasteiger partial charge in [0.2, 0.25) is 0 Å². The fourth-order valence-electron chi connectivity index (χ4n) is 9.46. The van der Waals surface area contributed by atoms with Gasteiger partial charge in [0, 0.05) is 17.1 Å². The second-order valence-electron chi connectivity index (χ2n) is 15.3. The minimum Gasteiger partial charge on any atom is -0.310 e. The number of nitrogens with zero attached hydrogens (tertiary/aromatic N) is 1. The van der Waals surface area contributed by atoms with E-state index in [9.17, 15) is 0 Å². The lowest BCUT2D eigenvalue weighted by molar-refractivity contribution is 0.769. The first-order valence-corrected chi connectivity index (χ1v) is 20.1. The zero-order valence-electron chi connectivity index (χ0n) is 32.0. The maximum Gasteiger partial charge on any atom is 0.0713 e. The first kappa shape index (κ1) is 33.8. The van der Waals surface area contributed by atoms with Gasteiger partial charge in [-0.1, -0.05) is 188 Å². The molecule has 1 aliphatic rings. The number of anilines is 3. The molecule has 0 unspecified atom stereocenters. The van der Waals surface area contributed by atoms with Crippen LogP contribution >= 0.6 is 0 Å². The predicted octanol–water partition coefficient (Wildman–Crippen LogP) is 15.2. The van der Waals surface area contributed by atoms with Gasteiger partial charge in [-0.25, -0.2) is 0 Å². The fraction of sp³-hybridized carbons (Fsp3) is 0.0175. The lowest BCUT2D eigenvalue weighted by Crippen LogP contribution is -2.28. The van der Waals surface area contributed by atoms with Crippen LogP contribution in [0.5, 0.6) is 0 Å². The van der Waals surface area contributed by atoms with E-state index >= 15 is 0 Å². The molecule has 58 heavy (non-hydrogen) atoms. The minimum atomic E-state index is -0.447. The molecule has 0 saturated heterocycles. The van der Waals surface area contributed by atoms with Gasteiger partial charge in [-0.2, -0.15) is 0 Å². The van der Waals surface area contributed by atoms with Crippen molar-refractivity contribution < 1.29 is 0 Å². The van der Waals surface area contributed by atoms with E-state index in [4.69, 9.17) is 0 Å². The lowest BCUT2D eigenvalue weighted by atomic mass is 9.67. The summed E-state index contributed by atoms with van der Waals surface area (Å²) in [5.74, 6) is 0. The molecule has 0 fully saturated rings. The average Bonchev–Trinajstić information content (AvgIpc) is 3.60. The normalized spacial score (nSPS) is 12.6. The number of benzene rings is 10. The summed E-state index contributed by atoms with van der Waals surface area (Å²) in [5, 5.41) is 4.95. The molecule has 0 atom stereocenters. The minimum absolute atomic E-state index is 0.447. The molecule has 0 aromatic heterocycles. The Bertz CT molecular complexity index is 3040. The van der Waals surface area contributed by atoms with Crippen molar-refractivity contribution in [3.63, 3.8) is 0 Å². The third kappa shape index (κ3) is 5.47. The van der Waals surface area contributed by atoms with E-state index in [-0.39, 0.29) is 0 Å². The lowest BCUT2D eigenvalue weighted by Gasteiger charge is -2.34. The molecule has 1 nitrogen and oxygen atoms in total. The van der Waals surface area contributed by atoms with Gasteiger partial charge in [-0.15, -0.1) is 0 Å². The van der Waals surface area contributed by atoms with E-state index in [1.165, 1.54) is 77.2 Å². The van der Waals surface area contributed by atoms with Crippen LogP contribution in [0.15, 0.2) is 237 Å². The summed E-state index contributed by atoms with van der Waals surface area (Å²) in [4.78, 5) is 2.39. The second kappa shape index (κ2) is 13.9. The maximum absolute atomic E-state index is 2.50. The summed E-state index contributed by atoms with van der Waals surface area (Å²) >= 11 is 0. The highest BCUT2D eigenvalue weighted by atomic mass is 15.1. The highest BCUT2D eigenvalue weighted by Crippen LogP contribution is 2.57. The number of hydrogen-bond acceptors (Lipinski definition) is 1. The molecule has 1 aliphatic carbocycles. The summed E-state index contributed by atoms with van der Waals surface area (Å²) < 4.78 is 0. The molecule has 10 aromatic carbocycles. The zero-order chi connectivity index (χ0) is 38.5. The van der Waals surface area contributed by atoms with E-state index in [1.807, 2.05) is 0 Å². The molecular weight excluding hydrogens is 699 g/mol. The Morgan fingerprint density at radius 1 is 0.276 bits per heavy atom. The van der Waals surface area contributed by atoms with E-state index < -0.39 is 5.41 Å². The topological polar surface area (TPSA) is 3.24 Å². The van der Waals surface area contributed by atoms with Crippen LogP contribution < -0.4 is 4.90 Å². The Hall–Kier alpha value is -7.48. The van der Waals surface area contributed by atoms with Crippen LogP contribution in [0, 0.1) is 0 Å². The molecule has 0 amide bonds. The molecular formula is C57H39N. The average molecular weight is 738 g/mol. The molecule has 11 rings (SSSR count). The van der Waals surface area contributed by atoms with Gasteiger partial charge in [0.05, 0.1) is 5.41 Å². The Morgan fingerprint density at radius 3 is 1.47 bits per heavy atom. The monoisotopic (exact) mass is 737 g/mol. The summed E-state index contributed by atoms with van der Waals surface area (Å²) in [6, 6.07) is 86.7. The van der Waals surface area contributed by atoms with E-state index in [0.717, 1.165) is 17.1 Å². The molecule has 0 saturated carbocycles. The van der Waals surface area contributed by atoms with Gasteiger partial charge in [-0.3, -0.25) is 0 Å². The van der Waals surface area contributed by atoms with Gasteiger partial charge in [0.25, 0.3) is 0 Å². The van der Waals surface area contributed by atoms with Crippen LogP contribution in [0.2, 0.25) is 0 Å². The number of fused-ring (bicyclic) bond motifs is 6. The highest BCUT2D eigenvalue weighted by molar-refractivity contribution is 6.11. The van der Waals surface area contributed by atoms with E-state index in [1.54, 1.807) is 0 Å². The first-order chi connectivity index (χ1) is 28.8. The van der Waals surface area contributed by atoms with Crippen LogP contribution in [-0.4, -0.2) is 0 Å². The molecule has 0 radical (unpaired) electrons. The van der Waals surface area contributed by atoms with Crippen LogP contribution in [0.4, 0.5) is 17.1 Å². The Labute approximate surface area is 339 Å². The van der Waals surface area contributed by atoms with E-state index in [2.05, 4.69) is 241 Å². The van der Waals surface area contributed by atoms with Crippen LogP contribution in [0.1, 0.15) is 22.3 Å². The van der Waals surface area contributed by atoms with Crippen molar-refractivity contribution in [1.82, 2.24) is 0 Å². The molecule has 1 heteroatoms. The van der Waals surface area contributed by atoms with E-state index in [0.29, 0.717) is 0 Å². The van der Waals surface area contributed by atoms with Gasteiger partial charge >= 0.3 is 0 Å². The highest BCUT2D eigenvalue weighted by Gasteiger charge is 2.46. The van der Waals surface area contributed by atoms with Crippen LogP contribution in [0.25, 0.3) is 54.9 Å². The molecule has 0 spiro atoms. The SMILES string of the molecule is c1ccc(-c2ccc(N(c3cccc(-c4ccccc4)c3)c3ccc4c(ccc5cc6c(cc54)C(c4ccccc4)(c4ccccc4)c4ccccc4-6)c3)cc2)cc1. The molecule has 0 aliphatic heterocycles. The number of rotatable bonds is 7. The zero-order valence-corrected chi connectivity index (χ0v) is 32.0. The third-order valence-corrected chi connectivity index (χ3v) is 12.1. The van der Waals surface area contributed by atoms with Crippen molar-refractivity contribution in [2.24, 2.45) is 0 Å². The summed E-state index contributed by atoms with van der Waals surface area (Å²) in [6.45, 7) is 0. The third-order valence-electron chi connectivity index (χ3n) is 12.1. The molecule has 10 aromatic rings. The summed E-state index contributed by atoms with van der Waals surface area (Å²) in [7, 11) is 0. The maximum atomic E-state index is 2.50. The standard InChI is InChI=1S/C57H39N/c1-5-16-40(17-6-1)42-30-32-48(33-31-42)58(49-25-15-20-43(36-49)41-18-7-2-8-19-41)50-34-35-51-44(37-50)28-29-45-38-54-52-26-13-14-27-55(52)57(56(54)39-53(45)51,46-21-9-3-10-22-46)47-23-11-4-12-24-47/h1-39H. The quantitative estimate of drug-likeness (QED) is 0.147. The van der Waals surface area contributed by atoms with Crippen molar-refractivity contribution in [3.8, 4) is 33.4 Å².